The van der Waals surface area contributed by atoms with Crippen LogP contribution in [0.15, 0.2) is 42.7 Å². The third-order valence-electron chi connectivity index (χ3n) is 5.88. The predicted molar refractivity (Wildman–Crippen MR) is 99.6 cm³/mol. The summed E-state index contributed by atoms with van der Waals surface area (Å²) in [5, 5.41) is 0. The summed E-state index contributed by atoms with van der Waals surface area (Å²) in [6.45, 7) is 5.63. The molecule has 2 fully saturated rings. The molecule has 4 nitrogen and oxygen atoms in total. The van der Waals surface area contributed by atoms with Gasteiger partial charge in [0.1, 0.15) is 11.6 Å². The molecule has 2 aliphatic heterocycles. The molecule has 3 heterocycles. The van der Waals surface area contributed by atoms with Crippen molar-refractivity contribution in [3.8, 4) is 0 Å². The molecule has 0 radical (unpaired) electrons. The Balaban J connectivity index is 1.66. The Morgan fingerprint density at radius 1 is 1.11 bits per heavy atom. The molecule has 1 unspecified atom stereocenters. The van der Waals surface area contributed by atoms with E-state index in [1.165, 1.54) is 24.4 Å². The van der Waals surface area contributed by atoms with E-state index in [9.17, 15) is 13.6 Å². The molecule has 1 aromatic carbocycles. The third kappa shape index (κ3) is 3.07. The number of carbonyl (C=O) groups is 1. The SMILES string of the molecule is CC1(C)CC2(CCCN2C(=O)c2cncc(F)c2)CN1c1ccc(F)cc1. The lowest BCUT2D eigenvalue weighted by atomic mass is 9.87. The molecule has 27 heavy (non-hydrogen) atoms. The highest BCUT2D eigenvalue weighted by atomic mass is 19.1. The van der Waals surface area contributed by atoms with Crippen molar-refractivity contribution in [2.24, 2.45) is 0 Å². The Morgan fingerprint density at radius 3 is 2.56 bits per heavy atom. The van der Waals surface area contributed by atoms with Gasteiger partial charge in [0.25, 0.3) is 5.91 Å². The van der Waals surface area contributed by atoms with Crippen LogP contribution in [-0.4, -0.2) is 40.0 Å². The average Bonchev–Trinajstić information content (AvgIpc) is 3.14. The van der Waals surface area contributed by atoms with Crippen molar-refractivity contribution in [3.05, 3.63) is 59.9 Å². The molecule has 142 valence electrons. The van der Waals surface area contributed by atoms with E-state index in [1.807, 2.05) is 4.90 Å². The van der Waals surface area contributed by atoms with Gasteiger partial charge in [-0.15, -0.1) is 0 Å². The standard InChI is InChI=1S/C21H23F2N3O/c1-20(2)13-21(14-26(20)18-6-4-16(22)5-7-18)8-3-9-25(21)19(27)15-10-17(23)12-24-11-15/h4-7,10-12H,3,8-9,13-14H2,1-2H3. The quantitative estimate of drug-likeness (QED) is 0.800. The highest BCUT2D eigenvalue weighted by molar-refractivity contribution is 5.94. The van der Waals surface area contributed by atoms with Crippen LogP contribution in [0.25, 0.3) is 0 Å². The Hall–Kier alpha value is -2.50. The molecule has 4 rings (SSSR count). The first kappa shape index (κ1) is 17.9. The van der Waals surface area contributed by atoms with Crippen LogP contribution in [0, 0.1) is 11.6 Å². The first-order chi connectivity index (χ1) is 12.8. The number of nitrogens with zero attached hydrogens (tertiary/aromatic N) is 3. The average molecular weight is 371 g/mol. The molecular weight excluding hydrogens is 348 g/mol. The maximum atomic E-state index is 13.6. The zero-order valence-electron chi connectivity index (χ0n) is 15.6. The van der Waals surface area contributed by atoms with Crippen molar-refractivity contribution in [1.82, 2.24) is 9.88 Å². The van der Waals surface area contributed by atoms with E-state index in [1.54, 1.807) is 12.1 Å². The lowest BCUT2D eigenvalue weighted by Gasteiger charge is -2.35. The van der Waals surface area contributed by atoms with Gasteiger partial charge in [-0.3, -0.25) is 9.78 Å². The number of hydrogen-bond acceptors (Lipinski definition) is 3. The monoisotopic (exact) mass is 371 g/mol. The molecule has 0 bridgehead atoms. The molecule has 1 spiro atoms. The number of benzene rings is 1. The Labute approximate surface area is 157 Å². The second kappa shape index (κ2) is 6.29. The normalized spacial score (nSPS) is 24.0. The van der Waals surface area contributed by atoms with E-state index < -0.39 is 5.82 Å². The smallest absolute Gasteiger partial charge is 0.256 e. The second-order valence-electron chi connectivity index (χ2n) is 8.23. The summed E-state index contributed by atoms with van der Waals surface area (Å²) in [5.41, 5.74) is 0.752. The Bertz CT molecular complexity index is 868. The molecule has 0 N–H and O–H groups in total. The van der Waals surface area contributed by atoms with E-state index in [-0.39, 0.29) is 28.4 Å². The molecule has 1 atom stereocenters. The number of carbonyl (C=O) groups excluding carboxylic acids is 1. The largest absolute Gasteiger partial charge is 0.364 e. The summed E-state index contributed by atoms with van der Waals surface area (Å²) < 4.78 is 26.9. The van der Waals surface area contributed by atoms with Crippen molar-refractivity contribution in [2.45, 2.75) is 44.2 Å². The number of likely N-dealkylation sites (tertiary alicyclic amines) is 1. The van der Waals surface area contributed by atoms with Gasteiger partial charge in [-0.05, 0) is 63.4 Å². The Kier molecular flexibility index (Phi) is 4.17. The van der Waals surface area contributed by atoms with Crippen LogP contribution < -0.4 is 4.90 Å². The van der Waals surface area contributed by atoms with Crippen LogP contribution in [0.1, 0.15) is 43.5 Å². The highest BCUT2D eigenvalue weighted by Gasteiger charge is 2.54. The summed E-state index contributed by atoms with van der Waals surface area (Å²) in [5.74, 6) is -0.938. The highest BCUT2D eigenvalue weighted by Crippen LogP contribution is 2.47. The number of rotatable bonds is 2. The summed E-state index contributed by atoms with van der Waals surface area (Å²) >= 11 is 0. The number of anilines is 1. The van der Waals surface area contributed by atoms with Gasteiger partial charge in [0.05, 0.1) is 17.3 Å². The minimum Gasteiger partial charge on any atom is -0.364 e. The third-order valence-corrected chi connectivity index (χ3v) is 5.88. The molecule has 6 heteroatoms. The summed E-state index contributed by atoms with van der Waals surface area (Å²) in [7, 11) is 0. The minimum absolute atomic E-state index is 0.170. The molecule has 0 saturated carbocycles. The molecule has 1 amide bonds. The molecule has 2 aliphatic rings. The van der Waals surface area contributed by atoms with E-state index in [0.717, 1.165) is 31.1 Å². The fourth-order valence-corrected chi connectivity index (χ4v) is 4.81. The summed E-state index contributed by atoms with van der Waals surface area (Å²) in [6.07, 6.45) is 5.16. The van der Waals surface area contributed by atoms with Gasteiger partial charge in [-0.2, -0.15) is 0 Å². The van der Waals surface area contributed by atoms with E-state index in [0.29, 0.717) is 13.1 Å². The Morgan fingerprint density at radius 2 is 1.85 bits per heavy atom. The van der Waals surface area contributed by atoms with Gasteiger partial charge in [0.15, 0.2) is 0 Å². The molecular formula is C21H23F2N3O. The fourth-order valence-electron chi connectivity index (χ4n) is 4.81. The van der Waals surface area contributed by atoms with Crippen LogP contribution in [0.4, 0.5) is 14.5 Å². The molecule has 2 aromatic rings. The van der Waals surface area contributed by atoms with Crippen molar-refractivity contribution < 1.29 is 13.6 Å². The molecule has 1 aromatic heterocycles. The van der Waals surface area contributed by atoms with Crippen LogP contribution in [0.3, 0.4) is 0 Å². The van der Waals surface area contributed by atoms with Crippen molar-refractivity contribution in [3.63, 3.8) is 0 Å². The van der Waals surface area contributed by atoms with Gasteiger partial charge < -0.3 is 9.80 Å². The zero-order chi connectivity index (χ0) is 19.2. The van der Waals surface area contributed by atoms with Crippen LogP contribution in [0.2, 0.25) is 0 Å². The maximum absolute atomic E-state index is 13.6. The molecule has 0 aliphatic carbocycles. The van der Waals surface area contributed by atoms with Gasteiger partial charge in [-0.25, -0.2) is 8.78 Å². The van der Waals surface area contributed by atoms with Gasteiger partial charge in [0.2, 0.25) is 0 Å². The fraction of sp³-hybridized carbons (Fsp3) is 0.429. The number of hydrogen-bond donors (Lipinski definition) is 0. The van der Waals surface area contributed by atoms with Gasteiger partial charge in [-0.1, -0.05) is 0 Å². The van der Waals surface area contributed by atoms with Crippen molar-refractivity contribution in [2.75, 3.05) is 18.0 Å². The van der Waals surface area contributed by atoms with E-state index >= 15 is 0 Å². The number of aromatic nitrogens is 1. The lowest BCUT2D eigenvalue weighted by Crippen LogP contribution is -2.49. The number of halogens is 2. The number of amides is 1. The van der Waals surface area contributed by atoms with E-state index in [4.69, 9.17) is 0 Å². The van der Waals surface area contributed by atoms with Crippen LogP contribution in [0.5, 0.6) is 0 Å². The maximum Gasteiger partial charge on any atom is 0.256 e. The van der Waals surface area contributed by atoms with Crippen molar-refractivity contribution in [1.29, 1.82) is 0 Å². The summed E-state index contributed by atoms with van der Waals surface area (Å²) in [4.78, 5) is 21.1. The minimum atomic E-state index is -0.506. The number of pyridine rings is 1. The second-order valence-corrected chi connectivity index (χ2v) is 8.23. The summed E-state index contributed by atoms with van der Waals surface area (Å²) in [6, 6.07) is 7.75. The first-order valence-electron chi connectivity index (χ1n) is 9.27. The van der Waals surface area contributed by atoms with Gasteiger partial charge >= 0.3 is 0 Å². The van der Waals surface area contributed by atoms with Crippen LogP contribution >= 0.6 is 0 Å². The van der Waals surface area contributed by atoms with E-state index in [2.05, 4.69) is 23.7 Å². The lowest BCUT2D eigenvalue weighted by molar-refractivity contribution is 0.0616. The topological polar surface area (TPSA) is 36.4 Å². The zero-order valence-corrected chi connectivity index (χ0v) is 15.6. The predicted octanol–water partition coefficient (Wildman–Crippen LogP) is 4.02. The van der Waals surface area contributed by atoms with Crippen molar-refractivity contribution >= 4 is 11.6 Å². The molecule has 2 saturated heterocycles. The first-order valence-corrected chi connectivity index (χ1v) is 9.27. The van der Waals surface area contributed by atoms with Gasteiger partial charge in [0, 0.05) is 30.5 Å². The van der Waals surface area contributed by atoms with Crippen LogP contribution in [-0.2, 0) is 0 Å².